The molecule has 0 spiro atoms. The van der Waals surface area contributed by atoms with E-state index in [1.54, 1.807) is 0 Å². The molecule has 0 N–H and O–H groups in total. The molecule has 122 valence electrons. The molecule has 24 heavy (non-hydrogen) atoms. The summed E-state index contributed by atoms with van der Waals surface area (Å²) in [6.07, 6.45) is 1.01. The van der Waals surface area contributed by atoms with Crippen LogP contribution < -0.4 is 10.6 Å². The molecule has 0 aliphatic rings. The van der Waals surface area contributed by atoms with Gasteiger partial charge < -0.3 is 0 Å². The van der Waals surface area contributed by atoms with Gasteiger partial charge in [0.1, 0.15) is 0 Å². The fourth-order valence-corrected chi connectivity index (χ4v) is 4.39. The molecule has 0 aliphatic carbocycles. The highest BCUT2D eigenvalue weighted by atomic mass is 31.1. The number of rotatable bonds is 5. The Kier molecular flexibility index (Phi) is 6.19. The Hall–Kier alpha value is -1.05. The molecular formula is C21H23P3. The highest BCUT2D eigenvalue weighted by Gasteiger charge is 2.04. The summed E-state index contributed by atoms with van der Waals surface area (Å²) in [7, 11) is 4.47. The molecule has 0 aromatic heterocycles. The van der Waals surface area contributed by atoms with Crippen LogP contribution in [0.4, 0.5) is 0 Å². The number of hydrogen-bond donors (Lipinski definition) is 0. The van der Waals surface area contributed by atoms with Crippen molar-refractivity contribution < 1.29 is 0 Å². The average molecular weight is 368 g/mol. The summed E-state index contributed by atoms with van der Waals surface area (Å²) in [6, 6.07) is 24.8. The van der Waals surface area contributed by atoms with Crippen molar-refractivity contribution in [2.45, 2.75) is 6.16 Å². The van der Waals surface area contributed by atoms with Gasteiger partial charge in [-0.25, -0.2) is 0 Å². The number of hydrogen-bond acceptors (Lipinski definition) is 0. The Labute approximate surface area is 151 Å². The van der Waals surface area contributed by atoms with Crippen LogP contribution in [0.1, 0.15) is 5.56 Å². The van der Waals surface area contributed by atoms with Crippen LogP contribution in [0, 0.1) is 0 Å². The van der Waals surface area contributed by atoms with Gasteiger partial charge in [0.2, 0.25) is 0 Å². The van der Waals surface area contributed by atoms with E-state index in [1.807, 2.05) is 0 Å². The third kappa shape index (κ3) is 4.13. The highest BCUT2D eigenvalue weighted by Crippen LogP contribution is 2.26. The molecule has 0 saturated heterocycles. The van der Waals surface area contributed by atoms with Crippen molar-refractivity contribution in [1.29, 1.82) is 0 Å². The van der Waals surface area contributed by atoms with Crippen molar-refractivity contribution in [3.05, 3.63) is 72.3 Å². The van der Waals surface area contributed by atoms with Gasteiger partial charge in [-0.15, -0.1) is 9.24 Å². The normalized spacial score (nSPS) is 11.8. The second kappa shape index (κ2) is 8.36. The van der Waals surface area contributed by atoms with Crippen molar-refractivity contribution in [2.24, 2.45) is 0 Å². The molecule has 3 atom stereocenters. The first-order valence-electron chi connectivity index (χ1n) is 8.14. The largest absolute Gasteiger partial charge is 0.133 e. The quantitative estimate of drug-likeness (QED) is 0.539. The Morgan fingerprint density at radius 2 is 1.04 bits per heavy atom. The molecule has 0 heterocycles. The summed E-state index contributed by atoms with van der Waals surface area (Å²) >= 11 is 0. The molecule has 0 radical (unpaired) electrons. The maximum atomic E-state index is 2.77. The summed E-state index contributed by atoms with van der Waals surface area (Å²) in [6.45, 7) is 4.51. The lowest BCUT2D eigenvalue weighted by Crippen LogP contribution is -2.04. The molecule has 0 bridgehead atoms. The first-order valence-corrected chi connectivity index (χ1v) is 12.0. The third-order valence-corrected chi connectivity index (χ3v) is 6.46. The van der Waals surface area contributed by atoms with Crippen molar-refractivity contribution in [1.82, 2.24) is 0 Å². The first kappa shape index (κ1) is 17.8. The van der Waals surface area contributed by atoms with E-state index >= 15 is 0 Å². The highest BCUT2D eigenvalue weighted by molar-refractivity contribution is 7.48. The maximum absolute atomic E-state index is 2.77. The van der Waals surface area contributed by atoms with E-state index in [0.29, 0.717) is 0 Å². The zero-order valence-corrected chi connectivity index (χ0v) is 17.3. The second-order valence-electron chi connectivity index (χ2n) is 5.78. The smallest absolute Gasteiger partial charge is 0.0128 e. The van der Waals surface area contributed by atoms with E-state index in [0.717, 1.165) is 23.3 Å². The zero-order chi connectivity index (χ0) is 16.9. The summed E-state index contributed by atoms with van der Waals surface area (Å²) in [5.74, 6) is 0. The summed E-state index contributed by atoms with van der Waals surface area (Å²) < 4.78 is 0. The van der Waals surface area contributed by atoms with Crippen LogP contribution in [0.5, 0.6) is 0 Å². The van der Waals surface area contributed by atoms with E-state index in [4.69, 9.17) is 0 Å². The van der Waals surface area contributed by atoms with Crippen molar-refractivity contribution in [3.63, 3.8) is 0 Å². The second-order valence-corrected chi connectivity index (χ2v) is 8.34. The lowest BCUT2D eigenvalue weighted by Gasteiger charge is -2.09. The van der Waals surface area contributed by atoms with E-state index in [-0.39, 0.29) is 0 Å². The Morgan fingerprint density at radius 3 is 1.46 bits per heavy atom. The van der Waals surface area contributed by atoms with Crippen molar-refractivity contribution in [3.8, 4) is 22.3 Å². The zero-order valence-electron chi connectivity index (χ0n) is 14.1. The van der Waals surface area contributed by atoms with E-state index in [2.05, 4.69) is 89.3 Å². The molecular weight excluding hydrogens is 345 g/mol. The van der Waals surface area contributed by atoms with Gasteiger partial charge in [-0.3, -0.25) is 0 Å². The molecule has 3 aromatic rings. The molecule has 3 heteroatoms. The Bertz CT molecular complexity index is 783. The minimum Gasteiger partial charge on any atom is -0.133 e. The minimum absolute atomic E-state index is 0.847. The van der Waals surface area contributed by atoms with E-state index in [9.17, 15) is 0 Å². The average Bonchev–Trinajstić information content (AvgIpc) is 2.67. The van der Waals surface area contributed by atoms with Gasteiger partial charge in [-0.2, -0.15) is 0 Å². The monoisotopic (exact) mass is 368 g/mol. The summed E-state index contributed by atoms with van der Waals surface area (Å²) in [5, 5.41) is 2.91. The van der Waals surface area contributed by atoms with Crippen LogP contribution in [-0.2, 0) is 6.16 Å². The molecule has 0 saturated carbocycles. The molecule has 0 amide bonds. The third-order valence-electron chi connectivity index (χ3n) is 4.25. The fourth-order valence-electron chi connectivity index (χ4n) is 2.77. The van der Waals surface area contributed by atoms with Crippen LogP contribution in [-0.4, -0.2) is 13.3 Å². The van der Waals surface area contributed by atoms with Crippen LogP contribution in [0.2, 0.25) is 0 Å². The lowest BCUT2D eigenvalue weighted by molar-refractivity contribution is 1.42. The first-order chi connectivity index (χ1) is 11.7. The topological polar surface area (TPSA) is 0 Å². The molecule has 0 nitrogen and oxygen atoms in total. The lowest BCUT2D eigenvalue weighted by atomic mass is 10.00. The van der Waals surface area contributed by atoms with Crippen LogP contribution >= 0.6 is 26.4 Å². The molecule has 0 fully saturated rings. The Balaban J connectivity index is 1.91. The molecule has 3 rings (SSSR count). The van der Waals surface area contributed by atoms with Crippen molar-refractivity contribution in [2.75, 3.05) is 13.3 Å². The number of benzene rings is 3. The predicted molar refractivity (Wildman–Crippen MR) is 118 cm³/mol. The minimum atomic E-state index is 0.847. The SMILES string of the molecule is CPc1cc(PC)cc(-c2ccc(-c3ccc(CP)cc3)cc2)c1. The standard InChI is InChI=1S/C21H23P3/c1-23-20-11-19(12-21(13-20)24-2)18-9-7-17(8-10-18)16-5-3-15(14-22)4-6-16/h3-13,23-24H,14,22H2,1-2H3. The van der Waals surface area contributed by atoms with Gasteiger partial charge in [0.05, 0.1) is 0 Å². The van der Waals surface area contributed by atoms with Crippen LogP contribution in [0.15, 0.2) is 66.7 Å². The van der Waals surface area contributed by atoms with Gasteiger partial charge in [-0.05, 0) is 76.1 Å². The maximum Gasteiger partial charge on any atom is -0.0128 e. The van der Waals surface area contributed by atoms with Gasteiger partial charge in [0.25, 0.3) is 0 Å². The van der Waals surface area contributed by atoms with Crippen molar-refractivity contribution >= 4 is 37.0 Å². The van der Waals surface area contributed by atoms with Gasteiger partial charge >= 0.3 is 0 Å². The summed E-state index contributed by atoms with van der Waals surface area (Å²) in [4.78, 5) is 0. The molecule has 0 aliphatic heterocycles. The predicted octanol–water partition coefficient (Wildman–Crippen LogP) is 5.26. The fraction of sp³-hybridized carbons (Fsp3) is 0.143. The van der Waals surface area contributed by atoms with E-state index in [1.165, 1.54) is 38.4 Å². The molecule has 3 aromatic carbocycles. The molecule has 3 unspecified atom stereocenters. The van der Waals surface area contributed by atoms with Gasteiger partial charge in [0, 0.05) is 0 Å². The van der Waals surface area contributed by atoms with Crippen LogP contribution in [0.3, 0.4) is 0 Å². The van der Waals surface area contributed by atoms with Crippen LogP contribution in [0.25, 0.3) is 22.3 Å². The Morgan fingerprint density at radius 1 is 0.625 bits per heavy atom. The van der Waals surface area contributed by atoms with Gasteiger partial charge in [0.15, 0.2) is 0 Å². The summed E-state index contributed by atoms with van der Waals surface area (Å²) in [5.41, 5.74) is 6.56. The van der Waals surface area contributed by atoms with Gasteiger partial charge in [-0.1, -0.05) is 65.7 Å². The van der Waals surface area contributed by atoms with E-state index < -0.39 is 0 Å².